The number of hydrogen-bond acceptors (Lipinski definition) is 1. The van der Waals surface area contributed by atoms with E-state index in [1.165, 1.54) is 5.56 Å². The number of benzene rings is 2. The molecule has 0 saturated heterocycles. The normalized spacial score (nSPS) is 30.9. The van der Waals surface area contributed by atoms with Crippen molar-refractivity contribution in [3.05, 3.63) is 71.8 Å². The highest BCUT2D eigenvalue weighted by atomic mass is 79.9. The molecule has 0 spiro atoms. The van der Waals surface area contributed by atoms with E-state index in [-0.39, 0.29) is 9.74 Å². The van der Waals surface area contributed by atoms with Gasteiger partial charge >= 0.3 is 0 Å². The maximum atomic E-state index is 10.7. The van der Waals surface area contributed by atoms with Gasteiger partial charge in [-0.2, -0.15) is 0 Å². The minimum atomic E-state index is -0.487. The summed E-state index contributed by atoms with van der Waals surface area (Å²) in [6.07, 6.45) is 0.457. The van der Waals surface area contributed by atoms with E-state index in [0.29, 0.717) is 0 Å². The highest BCUT2D eigenvalue weighted by Gasteiger charge is 2.67. The molecule has 0 aromatic heterocycles. The lowest BCUT2D eigenvalue weighted by Crippen LogP contribution is -2.23. The van der Waals surface area contributed by atoms with Gasteiger partial charge in [0, 0.05) is 5.41 Å². The summed E-state index contributed by atoms with van der Waals surface area (Å²) < 4.78 is -0.261. The Labute approximate surface area is 122 Å². The second kappa shape index (κ2) is 4.46. The molecule has 1 N–H and O–H groups in total. The van der Waals surface area contributed by atoms with E-state index in [1.807, 2.05) is 36.4 Å². The lowest BCUT2D eigenvalue weighted by atomic mass is 9.91. The topological polar surface area (TPSA) is 20.2 Å². The van der Waals surface area contributed by atoms with Crippen LogP contribution in [0.2, 0.25) is 0 Å². The van der Waals surface area contributed by atoms with Crippen molar-refractivity contribution < 1.29 is 5.11 Å². The number of aliphatic hydroxyl groups is 1. The third-order valence-electron chi connectivity index (χ3n) is 4.36. The molecule has 3 atom stereocenters. The standard InChI is InChI=1S/C17H17BrO/c1-16(14-10-6-3-7-11-14)12-17(16,18)15(19)13-8-4-2-5-9-13/h2-11,15,19H,12H2,1H3/t15-,16-,17+/m0/s1. The predicted molar refractivity (Wildman–Crippen MR) is 81.5 cm³/mol. The van der Waals surface area contributed by atoms with Gasteiger partial charge in [-0.3, -0.25) is 0 Å². The Balaban J connectivity index is 1.91. The monoisotopic (exact) mass is 316 g/mol. The molecule has 1 nitrogen and oxygen atoms in total. The van der Waals surface area contributed by atoms with Crippen molar-refractivity contribution >= 4 is 15.9 Å². The summed E-state index contributed by atoms with van der Waals surface area (Å²) in [5.74, 6) is 0. The fourth-order valence-corrected chi connectivity index (χ4v) is 3.97. The van der Waals surface area contributed by atoms with Crippen LogP contribution in [0.5, 0.6) is 0 Å². The van der Waals surface area contributed by atoms with Crippen LogP contribution in [0.1, 0.15) is 30.6 Å². The molecule has 0 unspecified atom stereocenters. The Morgan fingerprint density at radius 2 is 1.53 bits per heavy atom. The lowest BCUT2D eigenvalue weighted by molar-refractivity contribution is 0.161. The summed E-state index contributed by atoms with van der Waals surface area (Å²) in [4.78, 5) is 0. The Morgan fingerprint density at radius 1 is 1.00 bits per heavy atom. The average molecular weight is 317 g/mol. The van der Waals surface area contributed by atoms with E-state index in [4.69, 9.17) is 0 Å². The summed E-state index contributed by atoms with van der Waals surface area (Å²) in [5, 5.41) is 10.7. The van der Waals surface area contributed by atoms with Crippen LogP contribution in [0, 0.1) is 0 Å². The summed E-state index contributed by atoms with van der Waals surface area (Å²) in [5.41, 5.74) is 2.24. The molecule has 3 rings (SSSR count). The minimum absolute atomic E-state index is 0.0104. The van der Waals surface area contributed by atoms with Gasteiger partial charge in [-0.1, -0.05) is 83.5 Å². The van der Waals surface area contributed by atoms with Crippen LogP contribution in [0.25, 0.3) is 0 Å². The van der Waals surface area contributed by atoms with Crippen molar-refractivity contribution in [2.24, 2.45) is 0 Å². The van der Waals surface area contributed by atoms with Crippen LogP contribution in [0.4, 0.5) is 0 Å². The van der Waals surface area contributed by atoms with Crippen molar-refractivity contribution in [2.75, 3.05) is 0 Å². The van der Waals surface area contributed by atoms with Crippen LogP contribution in [-0.2, 0) is 5.41 Å². The zero-order valence-electron chi connectivity index (χ0n) is 10.9. The molecule has 98 valence electrons. The van der Waals surface area contributed by atoms with Crippen LogP contribution >= 0.6 is 15.9 Å². The predicted octanol–water partition coefficient (Wildman–Crippen LogP) is 4.22. The fraction of sp³-hybridized carbons (Fsp3) is 0.294. The number of aliphatic hydroxyl groups excluding tert-OH is 1. The van der Waals surface area contributed by atoms with E-state index in [0.717, 1.165) is 12.0 Å². The molecule has 0 amide bonds. The van der Waals surface area contributed by atoms with Gasteiger partial charge in [0.05, 0.1) is 10.4 Å². The van der Waals surface area contributed by atoms with Crippen LogP contribution in [0.3, 0.4) is 0 Å². The van der Waals surface area contributed by atoms with Crippen LogP contribution < -0.4 is 0 Å². The molecule has 19 heavy (non-hydrogen) atoms. The lowest BCUT2D eigenvalue weighted by Gasteiger charge is -2.23. The van der Waals surface area contributed by atoms with Crippen LogP contribution in [-0.4, -0.2) is 9.43 Å². The second-order valence-corrected chi connectivity index (χ2v) is 6.97. The Kier molecular flexibility index (Phi) is 3.03. The first-order valence-electron chi connectivity index (χ1n) is 6.55. The van der Waals surface area contributed by atoms with Gasteiger partial charge < -0.3 is 5.11 Å². The number of halogens is 1. The van der Waals surface area contributed by atoms with Gasteiger partial charge in [-0.25, -0.2) is 0 Å². The van der Waals surface area contributed by atoms with Crippen molar-refractivity contribution in [1.29, 1.82) is 0 Å². The maximum Gasteiger partial charge on any atom is 0.0951 e. The highest BCUT2D eigenvalue weighted by molar-refractivity contribution is 9.10. The van der Waals surface area contributed by atoms with E-state index in [1.54, 1.807) is 0 Å². The molecular formula is C17H17BrO. The highest BCUT2D eigenvalue weighted by Crippen LogP contribution is 2.68. The number of rotatable bonds is 3. The van der Waals surface area contributed by atoms with Crippen LogP contribution in [0.15, 0.2) is 60.7 Å². The van der Waals surface area contributed by atoms with Crippen molar-refractivity contribution in [1.82, 2.24) is 0 Å². The first-order chi connectivity index (χ1) is 9.08. The van der Waals surface area contributed by atoms with E-state index in [9.17, 15) is 5.11 Å². The molecule has 1 fully saturated rings. The van der Waals surface area contributed by atoms with E-state index in [2.05, 4.69) is 47.1 Å². The quantitative estimate of drug-likeness (QED) is 0.841. The molecule has 0 aliphatic heterocycles. The average Bonchev–Trinajstić information content (AvgIpc) is 3.05. The SMILES string of the molecule is C[C@@]1(c2ccccc2)C[C@@]1(Br)[C@@H](O)c1ccccc1. The first kappa shape index (κ1) is 12.9. The summed E-state index contributed by atoms with van der Waals surface area (Å²) in [7, 11) is 0. The van der Waals surface area contributed by atoms with Gasteiger partial charge in [-0.15, -0.1) is 0 Å². The third-order valence-corrected chi connectivity index (χ3v) is 5.95. The summed E-state index contributed by atoms with van der Waals surface area (Å²) >= 11 is 3.80. The smallest absolute Gasteiger partial charge is 0.0951 e. The van der Waals surface area contributed by atoms with Gasteiger partial charge in [0.2, 0.25) is 0 Å². The van der Waals surface area contributed by atoms with Gasteiger partial charge in [-0.05, 0) is 17.5 Å². The van der Waals surface area contributed by atoms with E-state index < -0.39 is 6.10 Å². The van der Waals surface area contributed by atoms with Crippen molar-refractivity contribution in [3.63, 3.8) is 0 Å². The summed E-state index contributed by atoms with van der Waals surface area (Å²) in [6, 6.07) is 20.3. The number of hydrogen-bond donors (Lipinski definition) is 1. The van der Waals surface area contributed by atoms with E-state index >= 15 is 0 Å². The van der Waals surface area contributed by atoms with Gasteiger partial charge in [0.1, 0.15) is 0 Å². The second-order valence-electron chi connectivity index (χ2n) is 5.55. The zero-order valence-corrected chi connectivity index (χ0v) is 12.5. The molecule has 1 aliphatic rings. The largest absolute Gasteiger partial charge is 0.387 e. The molecule has 1 saturated carbocycles. The van der Waals surface area contributed by atoms with Crippen molar-refractivity contribution in [3.8, 4) is 0 Å². The molecule has 0 heterocycles. The number of alkyl halides is 1. The fourth-order valence-electron chi connectivity index (χ4n) is 2.92. The molecule has 2 aromatic carbocycles. The molecule has 2 aromatic rings. The third kappa shape index (κ3) is 1.94. The Bertz CT molecular complexity index is 568. The van der Waals surface area contributed by atoms with Gasteiger partial charge in [0.15, 0.2) is 0 Å². The molecular weight excluding hydrogens is 300 g/mol. The molecule has 1 aliphatic carbocycles. The molecule has 2 heteroatoms. The molecule has 0 bridgehead atoms. The van der Waals surface area contributed by atoms with Gasteiger partial charge in [0.25, 0.3) is 0 Å². The Morgan fingerprint density at radius 3 is 2.11 bits per heavy atom. The minimum Gasteiger partial charge on any atom is -0.387 e. The molecule has 0 radical (unpaired) electrons. The summed E-state index contributed by atoms with van der Waals surface area (Å²) in [6.45, 7) is 2.21. The first-order valence-corrected chi connectivity index (χ1v) is 7.35. The zero-order chi connectivity index (χ0) is 13.5. The maximum absolute atomic E-state index is 10.7. The van der Waals surface area contributed by atoms with Crippen molar-refractivity contribution in [2.45, 2.75) is 29.2 Å². The Hall–Kier alpha value is -1.12.